The molecule has 5 heteroatoms. The van der Waals surface area contributed by atoms with Crippen LogP contribution in [0.4, 0.5) is 4.39 Å². The Balaban J connectivity index is 1.49. The highest BCUT2D eigenvalue weighted by Gasteiger charge is 2.42. The zero-order valence-corrected chi connectivity index (χ0v) is 13.9. The van der Waals surface area contributed by atoms with E-state index >= 15 is 0 Å². The molecule has 5 rings (SSSR count). The lowest BCUT2D eigenvalue weighted by Crippen LogP contribution is -2.48. The largest absolute Gasteiger partial charge is 0.338 e. The third-order valence-corrected chi connectivity index (χ3v) is 5.66. The van der Waals surface area contributed by atoms with Crippen molar-refractivity contribution >= 4 is 17.5 Å². The second-order valence-corrected chi connectivity index (χ2v) is 7.73. The number of halogens is 2. The summed E-state index contributed by atoms with van der Waals surface area (Å²) in [6, 6.07) is 5.16. The number of rotatable bonds is 4. The number of hydrogen-bond donors (Lipinski definition) is 0. The van der Waals surface area contributed by atoms with E-state index in [1.165, 1.54) is 18.9 Å². The Morgan fingerprint density at radius 1 is 1.17 bits per heavy atom. The lowest BCUT2D eigenvalue weighted by atomic mass is 9.94. The molecular weight excluding hydrogens is 315 g/mol. The summed E-state index contributed by atoms with van der Waals surface area (Å²) in [6.07, 6.45) is 4.59. The van der Waals surface area contributed by atoms with Gasteiger partial charge in [0, 0.05) is 42.8 Å². The fourth-order valence-corrected chi connectivity index (χ4v) is 4.13. The summed E-state index contributed by atoms with van der Waals surface area (Å²) in [5.41, 5.74) is 0.664. The first-order valence-corrected chi connectivity index (χ1v) is 8.94. The van der Waals surface area contributed by atoms with Gasteiger partial charge in [0.25, 0.3) is 0 Å². The van der Waals surface area contributed by atoms with Gasteiger partial charge >= 0.3 is 0 Å². The molecule has 0 spiro atoms. The Morgan fingerprint density at radius 3 is 2.74 bits per heavy atom. The fraction of sp³-hybridized carbons (Fsp3) is 0.611. The van der Waals surface area contributed by atoms with E-state index in [4.69, 9.17) is 11.6 Å². The van der Waals surface area contributed by atoms with Gasteiger partial charge in [-0.15, -0.1) is 0 Å². The lowest BCUT2D eigenvalue weighted by molar-refractivity contribution is -0.140. The molecule has 3 nitrogen and oxygen atoms in total. The average molecular weight is 337 g/mol. The van der Waals surface area contributed by atoms with Crippen LogP contribution in [0.5, 0.6) is 0 Å². The number of hydrogen-bond acceptors (Lipinski definition) is 2. The van der Waals surface area contributed by atoms with E-state index in [1.807, 2.05) is 0 Å². The molecule has 1 saturated carbocycles. The first-order valence-electron chi connectivity index (χ1n) is 8.57. The van der Waals surface area contributed by atoms with E-state index in [9.17, 15) is 9.18 Å². The van der Waals surface area contributed by atoms with Crippen LogP contribution in [0.25, 0.3) is 0 Å². The molecular formula is C18H22ClFN2O. The molecule has 1 amide bonds. The van der Waals surface area contributed by atoms with Crippen molar-refractivity contribution in [3.8, 4) is 0 Å². The maximum absolute atomic E-state index is 14.1. The summed E-state index contributed by atoms with van der Waals surface area (Å²) in [4.78, 5) is 17.1. The zero-order valence-electron chi connectivity index (χ0n) is 13.2. The Bertz CT molecular complexity index is 619. The molecule has 2 bridgehead atoms. The summed E-state index contributed by atoms with van der Waals surface area (Å²) >= 11 is 5.83. The molecule has 3 aliphatic heterocycles. The first kappa shape index (κ1) is 15.4. The number of amides is 1. The highest BCUT2D eigenvalue weighted by atomic mass is 35.5. The standard InChI is InChI=1S/C18H22ClFN2O/c19-15-5-3-13(17(20)7-15)9-21-10-14-4-6-16(11-21)22(18(14)23)8-12-1-2-12/h3,5,7,12,14,16H,1-2,4,6,8-11H2/t14-,16+/m0/s1. The van der Waals surface area contributed by atoms with E-state index in [1.54, 1.807) is 12.1 Å². The van der Waals surface area contributed by atoms with Crippen LogP contribution in [-0.2, 0) is 11.3 Å². The van der Waals surface area contributed by atoms with E-state index in [-0.39, 0.29) is 11.7 Å². The third-order valence-electron chi connectivity index (χ3n) is 5.43. The molecule has 4 aliphatic rings. The molecule has 3 heterocycles. The second-order valence-electron chi connectivity index (χ2n) is 7.29. The maximum Gasteiger partial charge on any atom is 0.227 e. The smallest absolute Gasteiger partial charge is 0.227 e. The zero-order chi connectivity index (χ0) is 16.0. The first-order chi connectivity index (χ1) is 11.1. The summed E-state index contributed by atoms with van der Waals surface area (Å²) in [5, 5.41) is 0.424. The quantitative estimate of drug-likeness (QED) is 0.842. The Kier molecular flexibility index (Phi) is 4.06. The highest BCUT2D eigenvalue weighted by Crippen LogP contribution is 2.35. The minimum absolute atomic E-state index is 0.0860. The van der Waals surface area contributed by atoms with Crippen molar-refractivity contribution in [1.29, 1.82) is 0 Å². The van der Waals surface area contributed by atoms with E-state index < -0.39 is 0 Å². The normalized spacial score (nSPS) is 28.3. The van der Waals surface area contributed by atoms with Gasteiger partial charge in [-0.3, -0.25) is 9.69 Å². The third kappa shape index (κ3) is 3.24. The van der Waals surface area contributed by atoms with Crippen molar-refractivity contribution in [2.45, 2.75) is 38.3 Å². The molecule has 0 radical (unpaired) electrons. The number of fused-ring (bicyclic) bond motifs is 4. The van der Waals surface area contributed by atoms with Crippen molar-refractivity contribution in [3.63, 3.8) is 0 Å². The van der Waals surface area contributed by atoms with Crippen LogP contribution in [0, 0.1) is 17.7 Å². The van der Waals surface area contributed by atoms with Crippen LogP contribution >= 0.6 is 11.6 Å². The molecule has 1 aromatic rings. The summed E-state index contributed by atoms with van der Waals surface area (Å²) in [5.74, 6) is 0.880. The molecule has 124 valence electrons. The van der Waals surface area contributed by atoms with Crippen molar-refractivity contribution in [2.75, 3.05) is 19.6 Å². The molecule has 0 N–H and O–H groups in total. The van der Waals surface area contributed by atoms with Crippen LogP contribution in [0.15, 0.2) is 18.2 Å². The summed E-state index contributed by atoms with van der Waals surface area (Å²) in [7, 11) is 0. The van der Waals surface area contributed by atoms with E-state index in [0.29, 0.717) is 29.1 Å². The predicted octanol–water partition coefficient (Wildman–Crippen LogP) is 3.31. The van der Waals surface area contributed by atoms with Crippen molar-refractivity contribution < 1.29 is 9.18 Å². The number of piperidine rings is 1. The van der Waals surface area contributed by atoms with Crippen molar-refractivity contribution in [2.24, 2.45) is 11.8 Å². The SMILES string of the molecule is O=C1[C@H]2CC[C@H](CN(Cc3ccc(Cl)cc3F)C2)N1CC1CC1. The molecule has 0 aromatic heterocycles. The molecule has 2 atom stereocenters. The summed E-state index contributed by atoms with van der Waals surface area (Å²) in [6.45, 7) is 3.10. The van der Waals surface area contributed by atoms with Gasteiger partial charge < -0.3 is 4.90 Å². The second kappa shape index (κ2) is 6.06. The molecule has 23 heavy (non-hydrogen) atoms. The number of benzene rings is 1. The Hall–Kier alpha value is -1.13. The van der Waals surface area contributed by atoms with Gasteiger partial charge in [-0.2, -0.15) is 0 Å². The average Bonchev–Trinajstić information content (AvgIpc) is 3.33. The van der Waals surface area contributed by atoms with Gasteiger partial charge in [-0.25, -0.2) is 4.39 Å². The van der Waals surface area contributed by atoms with Gasteiger partial charge in [0.1, 0.15) is 5.82 Å². The van der Waals surface area contributed by atoms with Crippen LogP contribution < -0.4 is 0 Å². The van der Waals surface area contributed by atoms with Gasteiger partial charge in [0.2, 0.25) is 5.91 Å². The monoisotopic (exact) mass is 336 g/mol. The van der Waals surface area contributed by atoms with Gasteiger partial charge in [0.05, 0.1) is 5.92 Å². The van der Waals surface area contributed by atoms with Crippen LogP contribution in [-0.4, -0.2) is 41.4 Å². The highest BCUT2D eigenvalue weighted by molar-refractivity contribution is 6.30. The van der Waals surface area contributed by atoms with E-state index in [2.05, 4.69) is 9.80 Å². The van der Waals surface area contributed by atoms with Gasteiger partial charge in [-0.1, -0.05) is 17.7 Å². The maximum atomic E-state index is 14.1. The molecule has 1 aromatic carbocycles. The number of nitrogens with zero attached hydrogens (tertiary/aromatic N) is 2. The van der Waals surface area contributed by atoms with Crippen molar-refractivity contribution in [1.82, 2.24) is 9.80 Å². The van der Waals surface area contributed by atoms with Crippen molar-refractivity contribution in [3.05, 3.63) is 34.6 Å². The van der Waals surface area contributed by atoms with Gasteiger partial charge in [0.15, 0.2) is 0 Å². The minimum Gasteiger partial charge on any atom is -0.338 e. The number of carbonyl (C=O) groups excluding carboxylic acids is 1. The fourth-order valence-electron chi connectivity index (χ4n) is 3.97. The Morgan fingerprint density at radius 2 is 2.00 bits per heavy atom. The predicted molar refractivity (Wildman–Crippen MR) is 87.6 cm³/mol. The molecule has 1 aliphatic carbocycles. The molecule has 0 unspecified atom stereocenters. The topological polar surface area (TPSA) is 23.6 Å². The van der Waals surface area contributed by atoms with E-state index in [0.717, 1.165) is 38.4 Å². The molecule has 3 saturated heterocycles. The summed E-state index contributed by atoms with van der Waals surface area (Å²) < 4.78 is 14.1. The lowest BCUT2D eigenvalue weighted by Gasteiger charge is -2.36. The van der Waals surface area contributed by atoms with Crippen LogP contribution in [0.3, 0.4) is 0 Å². The minimum atomic E-state index is -0.254. The molecule has 4 fully saturated rings. The van der Waals surface area contributed by atoms with Crippen LogP contribution in [0.2, 0.25) is 5.02 Å². The number of carbonyl (C=O) groups is 1. The Labute approximate surface area is 141 Å². The van der Waals surface area contributed by atoms with Crippen LogP contribution in [0.1, 0.15) is 31.2 Å². The van der Waals surface area contributed by atoms with Gasteiger partial charge in [-0.05, 0) is 43.7 Å².